The van der Waals surface area contributed by atoms with Gasteiger partial charge in [-0.05, 0) is 43.7 Å². The number of aromatic nitrogens is 5. The minimum Gasteiger partial charge on any atom is -0.383 e. The van der Waals surface area contributed by atoms with Gasteiger partial charge in [-0.15, -0.1) is 0 Å². The predicted molar refractivity (Wildman–Crippen MR) is 123 cm³/mol. The largest absolute Gasteiger partial charge is 0.383 e. The SMILES string of the molecule is N#Cc1ccnc(NC(=O)c2ccc(-c3nn(C4CCCNC4)c4ncnc(N)c34)cc2)c1. The van der Waals surface area contributed by atoms with E-state index in [1.807, 2.05) is 22.9 Å². The molecule has 5 rings (SSSR count). The summed E-state index contributed by atoms with van der Waals surface area (Å²) in [5, 5.41) is 20.7. The Kier molecular flexibility index (Phi) is 5.38. The highest BCUT2D eigenvalue weighted by atomic mass is 16.1. The lowest BCUT2D eigenvalue weighted by Gasteiger charge is -2.23. The van der Waals surface area contributed by atoms with Crippen LogP contribution in [0.15, 0.2) is 48.9 Å². The molecule has 0 spiro atoms. The van der Waals surface area contributed by atoms with Gasteiger partial charge in [-0.3, -0.25) is 4.79 Å². The van der Waals surface area contributed by atoms with E-state index in [9.17, 15) is 4.79 Å². The first-order valence-corrected chi connectivity index (χ1v) is 10.6. The number of hydrogen-bond acceptors (Lipinski definition) is 8. The van der Waals surface area contributed by atoms with Gasteiger partial charge >= 0.3 is 0 Å². The van der Waals surface area contributed by atoms with Gasteiger partial charge in [-0.2, -0.15) is 10.4 Å². The van der Waals surface area contributed by atoms with E-state index >= 15 is 0 Å². The summed E-state index contributed by atoms with van der Waals surface area (Å²) < 4.78 is 1.93. The van der Waals surface area contributed by atoms with Crippen LogP contribution in [0.3, 0.4) is 0 Å². The second kappa shape index (κ2) is 8.64. The van der Waals surface area contributed by atoms with E-state index in [1.165, 1.54) is 18.6 Å². The molecule has 0 aliphatic carbocycles. The monoisotopic (exact) mass is 439 g/mol. The van der Waals surface area contributed by atoms with Crippen LogP contribution in [0.1, 0.15) is 34.8 Å². The highest BCUT2D eigenvalue weighted by Gasteiger charge is 2.23. The summed E-state index contributed by atoms with van der Waals surface area (Å²) in [5.41, 5.74) is 9.28. The van der Waals surface area contributed by atoms with E-state index in [1.54, 1.807) is 18.2 Å². The van der Waals surface area contributed by atoms with Crippen molar-refractivity contribution in [2.75, 3.05) is 24.1 Å². The molecule has 4 heterocycles. The zero-order chi connectivity index (χ0) is 22.8. The van der Waals surface area contributed by atoms with E-state index in [2.05, 4.69) is 25.6 Å². The quantitative estimate of drug-likeness (QED) is 0.439. The summed E-state index contributed by atoms with van der Waals surface area (Å²) in [6.07, 6.45) is 5.01. The van der Waals surface area contributed by atoms with Gasteiger partial charge in [-0.25, -0.2) is 19.6 Å². The standard InChI is InChI=1S/C23H21N9O/c24-11-14-7-9-27-18(10-14)30-23(33)16-5-3-15(4-6-16)20-19-21(25)28-13-29-22(19)32(31-20)17-2-1-8-26-12-17/h3-7,9-10,13,17,26H,1-2,8,12H2,(H2,25,28,29)(H,27,30,33). The molecule has 3 aromatic heterocycles. The number of benzene rings is 1. The van der Waals surface area contributed by atoms with Gasteiger partial charge in [0.25, 0.3) is 5.91 Å². The number of amides is 1. The number of fused-ring (bicyclic) bond motifs is 1. The van der Waals surface area contributed by atoms with Crippen LogP contribution in [0, 0.1) is 11.3 Å². The molecule has 0 bridgehead atoms. The Balaban J connectivity index is 1.46. The Hall–Kier alpha value is -4.36. The van der Waals surface area contributed by atoms with Crippen molar-refractivity contribution in [2.45, 2.75) is 18.9 Å². The van der Waals surface area contributed by atoms with Crippen molar-refractivity contribution in [3.63, 3.8) is 0 Å². The van der Waals surface area contributed by atoms with Gasteiger partial charge in [0.05, 0.1) is 23.1 Å². The van der Waals surface area contributed by atoms with E-state index in [-0.39, 0.29) is 11.9 Å². The molecular weight excluding hydrogens is 418 g/mol. The molecular formula is C23H21N9O. The molecule has 33 heavy (non-hydrogen) atoms. The summed E-state index contributed by atoms with van der Waals surface area (Å²) in [6.45, 7) is 1.82. The number of nitrogens with zero attached hydrogens (tertiary/aromatic N) is 6. The van der Waals surface area contributed by atoms with Crippen LogP contribution in [-0.4, -0.2) is 43.7 Å². The van der Waals surface area contributed by atoms with Crippen molar-refractivity contribution < 1.29 is 4.79 Å². The first kappa shape index (κ1) is 20.5. The van der Waals surface area contributed by atoms with E-state index in [0.717, 1.165) is 31.5 Å². The summed E-state index contributed by atoms with van der Waals surface area (Å²) in [6, 6.07) is 12.4. The van der Waals surface area contributed by atoms with Crippen LogP contribution < -0.4 is 16.4 Å². The lowest BCUT2D eigenvalue weighted by Crippen LogP contribution is -2.32. The van der Waals surface area contributed by atoms with Crippen LogP contribution in [0.2, 0.25) is 0 Å². The molecule has 4 N–H and O–H groups in total. The fraction of sp³-hybridized carbons (Fsp3) is 0.217. The van der Waals surface area contributed by atoms with Crippen LogP contribution >= 0.6 is 0 Å². The number of carbonyl (C=O) groups is 1. The molecule has 0 radical (unpaired) electrons. The Morgan fingerprint density at radius 3 is 2.82 bits per heavy atom. The Morgan fingerprint density at radius 2 is 2.06 bits per heavy atom. The van der Waals surface area contributed by atoms with Gasteiger partial charge in [0.2, 0.25) is 0 Å². The topological polar surface area (TPSA) is 147 Å². The predicted octanol–water partition coefficient (Wildman–Crippen LogP) is 2.52. The van der Waals surface area contributed by atoms with Crippen molar-refractivity contribution in [3.8, 4) is 17.3 Å². The molecule has 1 aliphatic rings. The number of nitriles is 1. The van der Waals surface area contributed by atoms with E-state index in [4.69, 9.17) is 16.1 Å². The molecule has 4 aromatic rings. The van der Waals surface area contributed by atoms with Crippen LogP contribution in [0.25, 0.3) is 22.3 Å². The molecule has 10 heteroatoms. The summed E-state index contributed by atoms with van der Waals surface area (Å²) in [5.74, 6) is 0.366. The van der Waals surface area contributed by atoms with Crippen molar-refractivity contribution in [1.29, 1.82) is 5.26 Å². The van der Waals surface area contributed by atoms with Gasteiger partial charge in [0.15, 0.2) is 5.65 Å². The molecule has 0 saturated carbocycles. The molecule has 164 valence electrons. The molecule has 1 atom stereocenters. The van der Waals surface area contributed by atoms with Gasteiger partial charge < -0.3 is 16.4 Å². The lowest BCUT2D eigenvalue weighted by molar-refractivity contribution is 0.102. The van der Waals surface area contributed by atoms with Gasteiger partial charge in [0, 0.05) is 23.9 Å². The third kappa shape index (κ3) is 3.97. The molecule has 1 amide bonds. The minimum absolute atomic E-state index is 0.186. The van der Waals surface area contributed by atoms with Crippen molar-refractivity contribution >= 4 is 28.6 Å². The first-order valence-electron chi connectivity index (χ1n) is 10.6. The highest BCUT2D eigenvalue weighted by Crippen LogP contribution is 2.33. The maximum atomic E-state index is 12.6. The minimum atomic E-state index is -0.323. The molecule has 1 unspecified atom stereocenters. The van der Waals surface area contributed by atoms with Crippen LogP contribution in [0.5, 0.6) is 0 Å². The zero-order valence-electron chi connectivity index (χ0n) is 17.7. The molecule has 1 fully saturated rings. The smallest absolute Gasteiger partial charge is 0.256 e. The normalized spacial score (nSPS) is 15.8. The number of rotatable bonds is 4. The number of anilines is 2. The van der Waals surface area contributed by atoms with Crippen LogP contribution in [-0.2, 0) is 0 Å². The third-order valence-corrected chi connectivity index (χ3v) is 5.69. The number of hydrogen-bond donors (Lipinski definition) is 3. The number of nitrogen functional groups attached to an aromatic ring is 1. The Labute approximate surface area is 189 Å². The third-order valence-electron chi connectivity index (χ3n) is 5.69. The first-order chi connectivity index (χ1) is 16.1. The molecule has 1 aliphatic heterocycles. The van der Waals surface area contributed by atoms with Crippen molar-refractivity contribution in [3.05, 3.63) is 60.0 Å². The molecule has 1 saturated heterocycles. The van der Waals surface area contributed by atoms with Gasteiger partial charge in [-0.1, -0.05) is 12.1 Å². The van der Waals surface area contributed by atoms with Crippen molar-refractivity contribution in [2.24, 2.45) is 0 Å². The number of nitrogens with two attached hydrogens (primary N) is 1. The number of nitrogens with one attached hydrogen (secondary N) is 2. The number of piperidine rings is 1. The second-order valence-corrected chi connectivity index (χ2v) is 7.82. The maximum Gasteiger partial charge on any atom is 0.256 e. The summed E-state index contributed by atoms with van der Waals surface area (Å²) >= 11 is 0. The number of pyridine rings is 1. The van der Waals surface area contributed by atoms with Crippen LogP contribution in [0.4, 0.5) is 11.6 Å². The fourth-order valence-electron chi connectivity index (χ4n) is 4.03. The average Bonchev–Trinajstić information content (AvgIpc) is 3.26. The van der Waals surface area contributed by atoms with E-state index < -0.39 is 0 Å². The average molecular weight is 439 g/mol. The van der Waals surface area contributed by atoms with Gasteiger partial charge in [0.1, 0.15) is 23.7 Å². The lowest BCUT2D eigenvalue weighted by atomic mass is 10.1. The van der Waals surface area contributed by atoms with Crippen molar-refractivity contribution in [1.82, 2.24) is 30.0 Å². The zero-order valence-corrected chi connectivity index (χ0v) is 17.7. The second-order valence-electron chi connectivity index (χ2n) is 7.82. The fourth-order valence-corrected chi connectivity index (χ4v) is 4.03. The maximum absolute atomic E-state index is 12.6. The molecule has 1 aromatic carbocycles. The molecule has 10 nitrogen and oxygen atoms in total. The Morgan fingerprint density at radius 1 is 1.21 bits per heavy atom. The van der Waals surface area contributed by atoms with E-state index in [0.29, 0.717) is 39.5 Å². The number of carbonyl (C=O) groups excluding carboxylic acids is 1. The Bertz CT molecular complexity index is 1370. The summed E-state index contributed by atoms with van der Waals surface area (Å²) in [4.78, 5) is 25.3. The summed E-state index contributed by atoms with van der Waals surface area (Å²) in [7, 11) is 0. The highest BCUT2D eigenvalue weighted by molar-refractivity contribution is 6.04.